The molecule has 0 bridgehead atoms. The van der Waals surface area contributed by atoms with Gasteiger partial charge < -0.3 is 15.7 Å². The maximum Gasteiger partial charge on any atom is 0.322 e. The Labute approximate surface area is 55.5 Å². The standard InChI is InChI=1S/C3H6N2O5/c4-2(3(6)7)1-10-5(8)9/h2H,1,4H2,(H,6,7). The van der Waals surface area contributed by atoms with E-state index in [9.17, 15) is 14.9 Å². The minimum absolute atomic E-state index is 0.623. The van der Waals surface area contributed by atoms with Gasteiger partial charge in [0.05, 0.1) is 0 Å². The van der Waals surface area contributed by atoms with Crippen molar-refractivity contribution in [2.75, 3.05) is 6.61 Å². The fourth-order valence-electron chi connectivity index (χ4n) is 0.212. The van der Waals surface area contributed by atoms with Crippen molar-refractivity contribution in [2.24, 2.45) is 5.73 Å². The zero-order chi connectivity index (χ0) is 8.15. The molecule has 1 atom stereocenters. The van der Waals surface area contributed by atoms with E-state index in [1.807, 2.05) is 0 Å². The number of aliphatic carboxylic acids is 1. The molecule has 0 amide bonds. The van der Waals surface area contributed by atoms with Crippen LogP contribution in [0.1, 0.15) is 0 Å². The first kappa shape index (κ1) is 8.63. The second-order valence-electron chi connectivity index (χ2n) is 1.46. The van der Waals surface area contributed by atoms with Gasteiger partial charge in [-0.25, -0.2) is 0 Å². The van der Waals surface area contributed by atoms with E-state index in [1.54, 1.807) is 0 Å². The smallest absolute Gasteiger partial charge is 0.322 e. The summed E-state index contributed by atoms with van der Waals surface area (Å²) in [7, 11) is 0. The van der Waals surface area contributed by atoms with Gasteiger partial charge in [0.15, 0.2) is 0 Å². The van der Waals surface area contributed by atoms with Crippen LogP contribution < -0.4 is 5.73 Å². The Morgan fingerprint density at radius 3 is 2.70 bits per heavy atom. The summed E-state index contributed by atoms with van der Waals surface area (Å²) in [4.78, 5) is 23.0. The first-order valence-electron chi connectivity index (χ1n) is 2.29. The Hall–Kier alpha value is -1.37. The summed E-state index contributed by atoms with van der Waals surface area (Å²) in [5, 5.41) is 16.4. The van der Waals surface area contributed by atoms with E-state index in [4.69, 9.17) is 10.8 Å². The van der Waals surface area contributed by atoms with Crippen LogP contribution >= 0.6 is 0 Å². The summed E-state index contributed by atoms with van der Waals surface area (Å²) in [6, 6.07) is -1.34. The van der Waals surface area contributed by atoms with Crippen LogP contribution in [0, 0.1) is 10.1 Å². The molecule has 7 nitrogen and oxygen atoms in total. The molecule has 0 aromatic carbocycles. The molecule has 0 aromatic heterocycles. The van der Waals surface area contributed by atoms with Gasteiger partial charge in [0.1, 0.15) is 12.6 Å². The van der Waals surface area contributed by atoms with Crippen molar-refractivity contribution >= 4 is 5.97 Å². The van der Waals surface area contributed by atoms with Crippen LogP contribution in [0.2, 0.25) is 0 Å². The third-order valence-corrected chi connectivity index (χ3v) is 0.677. The average molecular weight is 150 g/mol. The number of carbonyl (C=O) groups is 1. The molecule has 10 heavy (non-hydrogen) atoms. The number of carboxylic acid groups (broad SMARTS) is 1. The van der Waals surface area contributed by atoms with Crippen LogP contribution in [0.25, 0.3) is 0 Å². The molecule has 0 radical (unpaired) electrons. The molecule has 0 aliphatic carbocycles. The summed E-state index contributed by atoms with van der Waals surface area (Å²) in [5.41, 5.74) is 4.84. The number of hydrogen-bond donors (Lipinski definition) is 2. The lowest BCUT2D eigenvalue weighted by Crippen LogP contribution is -2.35. The highest BCUT2D eigenvalue weighted by Gasteiger charge is 2.12. The normalized spacial score (nSPS) is 12.1. The predicted octanol–water partition coefficient (Wildman–Crippen LogP) is -1.39. The lowest BCUT2D eigenvalue weighted by molar-refractivity contribution is -0.757. The van der Waals surface area contributed by atoms with Gasteiger partial charge in [0, 0.05) is 0 Å². The van der Waals surface area contributed by atoms with Crippen LogP contribution in [-0.4, -0.2) is 28.8 Å². The SMILES string of the molecule is NC(CO[N+](=O)[O-])C(=O)O. The molecule has 0 saturated heterocycles. The molecule has 0 rings (SSSR count). The van der Waals surface area contributed by atoms with E-state index in [-0.39, 0.29) is 0 Å². The van der Waals surface area contributed by atoms with E-state index in [0.717, 1.165) is 0 Å². The molecule has 0 aliphatic heterocycles. The fraction of sp³-hybridized carbons (Fsp3) is 0.667. The monoisotopic (exact) mass is 150 g/mol. The third kappa shape index (κ3) is 3.61. The third-order valence-electron chi connectivity index (χ3n) is 0.677. The molecule has 0 aromatic rings. The summed E-state index contributed by atoms with van der Waals surface area (Å²) < 4.78 is 0. The second kappa shape index (κ2) is 3.62. The molecule has 0 fully saturated rings. The minimum atomic E-state index is -1.34. The summed E-state index contributed by atoms with van der Waals surface area (Å²) in [6.07, 6.45) is 0. The van der Waals surface area contributed by atoms with E-state index in [2.05, 4.69) is 4.84 Å². The quantitative estimate of drug-likeness (QED) is 0.376. The van der Waals surface area contributed by atoms with Crippen LogP contribution in [0.15, 0.2) is 0 Å². The van der Waals surface area contributed by atoms with Gasteiger partial charge in [-0.2, -0.15) is 0 Å². The highest BCUT2D eigenvalue weighted by molar-refractivity contribution is 5.73. The first-order valence-corrected chi connectivity index (χ1v) is 2.29. The molecule has 0 spiro atoms. The van der Waals surface area contributed by atoms with E-state index in [0.29, 0.717) is 0 Å². The van der Waals surface area contributed by atoms with Crippen LogP contribution in [0.5, 0.6) is 0 Å². The van der Waals surface area contributed by atoms with Crippen molar-refractivity contribution in [1.29, 1.82) is 0 Å². The molecule has 0 heterocycles. The van der Waals surface area contributed by atoms with E-state index in [1.165, 1.54) is 0 Å². The predicted molar refractivity (Wildman–Crippen MR) is 28.6 cm³/mol. The number of nitrogens with zero attached hydrogens (tertiary/aromatic N) is 1. The van der Waals surface area contributed by atoms with Gasteiger partial charge in [-0.1, -0.05) is 0 Å². The fourth-order valence-corrected chi connectivity index (χ4v) is 0.212. The average Bonchev–Trinajstić information content (AvgIpc) is 1.82. The van der Waals surface area contributed by atoms with Gasteiger partial charge in [0.2, 0.25) is 0 Å². The molecular weight excluding hydrogens is 144 g/mol. The zero-order valence-electron chi connectivity index (χ0n) is 4.89. The Morgan fingerprint density at radius 2 is 2.40 bits per heavy atom. The highest BCUT2D eigenvalue weighted by Crippen LogP contribution is 1.81. The summed E-state index contributed by atoms with van der Waals surface area (Å²) in [6.45, 7) is -0.623. The first-order chi connectivity index (χ1) is 4.54. The van der Waals surface area contributed by atoms with Crippen molar-refractivity contribution in [2.45, 2.75) is 6.04 Å². The highest BCUT2D eigenvalue weighted by atomic mass is 16.9. The lowest BCUT2D eigenvalue weighted by atomic mass is 10.3. The van der Waals surface area contributed by atoms with E-state index < -0.39 is 23.7 Å². The number of carboxylic acids is 1. The van der Waals surface area contributed by atoms with Gasteiger partial charge in [-0.05, 0) is 0 Å². The summed E-state index contributed by atoms with van der Waals surface area (Å²) >= 11 is 0. The Bertz CT molecular complexity index is 146. The Balaban J connectivity index is 3.49. The largest absolute Gasteiger partial charge is 0.480 e. The number of rotatable bonds is 4. The molecule has 3 N–H and O–H groups in total. The molecule has 0 saturated carbocycles. The van der Waals surface area contributed by atoms with Crippen LogP contribution in [0.4, 0.5) is 0 Å². The van der Waals surface area contributed by atoms with Crippen molar-refractivity contribution < 1.29 is 19.8 Å². The molecule has 1 unspecified atom stereocenters. The maximum absolute atomic E-state index is 9.88. The lowest BCUT2D eigenvalue weighted by Gasteiger charge is -2.02. The Morgan fingerprint density at radius 1 is 1.90 bits per heavy atom. The van der Waals surface area contributed by atoms with Crippen LogP contribution in [0.3, 0.4) is 0 Å². The van der Waals surface area contributed by atoms with Crippen molar-refractivity contribution in [3.8, 4) is 0 Å². The van der Waals surface area contributed by atoms with Crippen molar-refractivity contribution in [3.05, 3.63) is 10.1 Å². The number of hydrogen-bond acceptors (Lipinski definition) is 5. The van der Waals surface area contributed by atoms with Crippen molar-refractivity contribution in [1.82, 2.24) is 0 Å². The molecule has 58 valence electrons. The van der Waals surface area contributed by atoms with Gasteiger partial charge >= 0.3 is 5.97 Å². The number of nitrogens with two attached hydrogens (primary N) is 1. The van der Waals surface area contributed by atoms with Crippen molar-refractivity contribution in [3.63, 3.8) is 0 Å². The van der Waals surface area contributed by atoms with Crippen LogP contribution in [-0.2, 0) is 9.63 Å². The maximum atomic E-state index is 9.88. The van der Waals surface area contributed by atoms with Gasteiger partial charge in [-0.3, -0.25) is 4.79 Å². The summed E-state index contributed by atoms with van der Waals surface area (Å²) in [5.74, 6) is -1.33. The van der Waals surface area contributed by atoms with Gasteiger partial charge in [-0.15, -0.1) is 10.1 Å². The second-order valence-corrected chi connectivity index (χ2v) is 1.46. The Kier molecular flexibility index (Phi) is 3.12. The zero-order valence-corrected chi connectivity index (χ0v) is 4.89. The van der Waals surface area contributed by atoms with E-state index >= 15 is 0 Å². The topological polar surface area (TPSA) is 116 Å². The van der Waals surface area contributed by atoms with Gasteiger partial charge in [0.25, 0.3) is 5.09 Å². The molecule has 0 aliphatic rings. The minimum Gasteiger partial charge on any atom is -0.480 e. The molecule has 7 heteroatoms. The molecular formula is C3H6N2O5.